The van der Waals surface area contributed by atoms with Gasteiger partial charge in [0.05, 0.1) is 12.2 Å². The molecule has 0 saturated heterocycles. The van der Waals surface area contributed by atoms with Crippen LogP contribution in [-0.2, 0) is 4.74 Å². The fourth-order valence-corrected chi connectivity index (χ4v) is 4.67. The fourth-order valence-electron chi connectivity index (χ4n) is 4.67. The zero-order valence-corrected chi connectivity index (χ0v) is 14.6. The van der Waals surface area contributed by atoms with Crippen molar-refractivity contribution in [1.29, 1.82) is 0 Å². The monoisotopic (exact) mass is 281 g/mol. The molecule has 2 aliphatic rings. The van der Waals surface area contributed by atoms with Crippen LogP contribution in [-0.4, -0.2) is 18.2 Å². The molecule has 2 rings (SSSR count). The van der Waals surface area contributed by atoms with E-state index in [1.807, 2.05) is 0 Å². The second-order valence-electron chi connectivity index (χ2n) is 9.09. The highest BCUT2D eigenvalue weighted by Gasteiger charge is 2.62. The summed E-state index contributed by atoms with van der Waals surface area (Å²) >= 11 is 0. The summed E-state index contributed by atoms with van der Waals surface area (Å²) in [7, 11) is 0. The maximum absolute atomic E-state index is 6.68. The van der Waals surface area contributed by atoms with Gasteiger partial charge in [0.2, 0.25) is 0 Å². The lowest BCUT2D eigenvalue weighted by Crippen LogP contribution is -2.49. The Kier molecular flexibility index (Phi) is 4.06. The smallest absolute Gasteiger partial charge is 0.0777 e. The molecule has 2 N–H and O–H groups in total. The maximum atomic E-state index is 6.68. The number of nitrogens with two attached hydrogens (primary N) is 1. The molecule has 2 saturated carbocycles. The average Bonchev–Trinajstić information content (AvgIpc) is 2.66. The van der Waals surface area contributed by atoms with Crippen LogP contribution >= 0.6 is 0 Å². The van der Waals surface area contributed by atoms with Crippen molar-refractivity contribution in [2.45, 2.75) is 92.4 Å². The van der Waals surface area contributed by atoms with E-state index in [0.717, 1.165) is 12.3 Å². The third-order valence-electron chi connectivity index (χ3n) is 6.74. The van der Waals surface area contributed by atoms with Crippen molar-refractivity contribution in [3.63, 3.8) is 0 Å². The summed E-state index contributed by atoms with van der Waals surface area (Å²) < 4.78 is 6.68. The molecule has 0 aromatic rings. The first-order chi connectivity index (χ1) is 9.04. The first-order valence-corrected chi connectivity index (χ1v) is 8.45. The van der Waals surface area contributed by atoms with Crippen LogP contribution in [0, 0.1) is 22.2 Å². The largest absolute Gasteiger partial charge is 0.372 e. The summed E-state index contributed by atoms with van der Waals surface area (Å²) in [6.07, 6.45) is 5.45. The van der Waals surface area contributed by atoms with E-state index in [0.29, 0.717) is 16.9 Å². The highest BCUT2D eigenvalue weighted by atomic mass is 16.5. The van der Waals surface area contributed by atoms with E-state index >= 15 is 0 Å². The predicted molar refractivity (Wildman–Crippen MR) is 85.6 cm³/mol. The number of hydrogen-bond acceptors (Lipinski definition) is 2. The number of fused-ring (bicyclic) bond motifs is 2. The molecule has 2 nitrogen and oxygen atoms in total. The summed E-state index contributed by atoms with van der Waals surface area (Å²) in [6, 6.07) is 0.140. The second-order valence-corrected chi connectivity index (χ2v) is 9.09. The van der Waals surface area contributed by atoms with E-state index in [2.05, 4.69) is 48.5 Å². The van der Waals surface area contributed by atoms with Crippen molar-refractivity contribution in [1.82, 2.24) is 0 Å². The van der Waals surface area contributed by atoms with Crippen LogP contribution in [0.2, 0.25) is 0 Å². The van der Waals surface area contributed by atoms with Crippen LogP contribution < -0.4 is 5.73 Å². The molecule has 0 amide bonds. The Morgan fingerprint density at radius 1 is 1.25 bits per heavy atom. The highest BCUT2D eigenvalue weighted by Crippen LogP contribution is 2.66. The van der Waals surface area contributed by atoms with Gasteiger partial charge in [-0.3, -0.25) is 0 Å². The molecule has 2 fully saturated rings. The van der Waals surface area contributed by atoms with Crippen LogP contribution in [0.25, 0.3) is 0 Å². The van der Waals surface area contributed by atoms with Crippen LogP contribution in [0.15, 0.2) is 0 Å². The Morgan fingerprint density at radius 3 is 2.20 bits per heavy atom. The maximum Gasteiger partial charge on any atom is 0.0777 e. The van der Waals surface area contributed by atoms with Crippen molar-refractivity contribution in [2.75, 3.05) is 0 Å². The Balaban J connectivity index is 2.17. The topological polar surface area (TPSA) is 35.2 Å². The molecule has 2 aliphatic carbocycles. The Bertz CT molecular complexity index is 357. The molecule has 0 radical (unpaired) electrons. The summed E-state index contributed by atoms with van der Waals surface area (Å²) in [5.74, 6) is 0.830. The van der Waals surface area contributed by atoms with E-state index in [1.54, 1.807) is 0 Å². The van der Waals surface area contributed by atoms with Gasteiger partial charge < -0.3 is 10.5 Å². The van der Waals surface area contributed by atoms with Crippen molar-refractivity contribution in [3.05, 3.63) is 0 Å². The van der Waals surface area contributed by atoms with Gasteiger partial charge in [0.15, 0.2) is 0 Å². The van der Waals surface area contributed by atoms with Gasteiger partial charge >= 0.3 is 0 Å². The van der Waals surface area contributed by atoms with Gasteiger partial charge in [-0.25, -0.2) is 0 Å². The van der Waals surface area contributed by atoms with E-state index < -0.39 is 0 Å². The number of rotatable bonds is 4. The first-order valence-electron chi connectivity index (χ1n) is 8.45. The number of ether oxygens (including phenoxy) is 1. The van der Waals surface area contributed by atoms with Gasteiger partial charge in [-0.05, 0) is 47.8 Å². The minimum Gasteiger partial charge on any atom is -0.372 e. The fraction of sp³-hybridized carbons (Fsp3) is 1.00. The summed E-state index contributed by atoms with van der Waals surface area (Å²) in [4.78, 5) is 0. The average molecular weight is 281 g/mol. The standard InChI is InChI=1S/C18H35NO/c1-8-13(19)15(16(2,3)4)20-14-11-12-9-10-18(14,7)17(12,5)6/h12-15H,8-11,19H2,1-7H3. The molecule has 0 heterocycles. The molecule has 0 aromatic carbocycles. The zero-order chi connectivity index (χ0) is 15.3. The molecule has 0 spiro atoms. The van der Waals surface area contributed by atoms with E-state index in [9.17, 15) is 0 Å². The van der Waals surface area contributed by atoms with Gasteiger partial charge in [-0.15, -0.1) is 0 Å². The minimum atomic E-state index is 0.109. The van der Waals surface area contributed by atoms with Gasteiger partial charge in [0.25, 0.3) is 0 Å². The molecule has 2 bridgehead atoms. The van der Waals surface area contributed by atoms with Crippen molar-refractivity contribution < 1.29 is 4.74 Å². The molecule has 0 aromatic heterocycles. The lowest BCUT2D eigenvalue weighted by molar-refractivity contribution is -0.129. The summed E-state index contributed by atoms with van der Waals surface area (Å²) in [6.45, 7) is 16.3. The van der Waals surface area contributed by atoms with Crippen molar-refractivity contribution in [2.24, 2.45) is 27.9 Å². The van der Waals surface area contributed by atoms with E-state index in [4.69, 9.17) is 10.5 Å². The quantitative estimate of drug-likeness (QED) is 0.830. The molecule has 5 atom stereocenters. The Morgan fingerprint density at radius 2 is 1.85 bits per heavy atom. The molecule has 2 heteroatoms. The molecule has 5 unspecified atom stereocenters. The van der Waals surface area contributed by atoms with Gasteiger partial charge in [0, 0.05) is 6.04 Å². The van der Waals surface area contributed by atoms with Crippen LogP contribution in [0.1, 0.15) is 74.1 Å². The first kappa shape index (κ1) is 16.3. The van der Waals surface area contributed by atoms with Crippen molar-refractivity contribution >= 4 is 0 Å². The van der Waals surface area contributed by atoms with Crippen LogP contribution in [0.5, 0.6) is 0 Å². The van der Waals surface area contributed by atoms with Gasteiger partial charge in [-0.2, -0.15) is 0 Å². The predicted octanol–water partition coefficient (Wildman–Crippen LogP) is 4.37. The second kappa shape index (κ2) is 4.98. The van der Waals surface area contributed by atoms with Crippen LogP contribution in [0.4, 0.5) is 0 Å². The third kappa shape index (κ3) is 2.33. The van der Waals surface area contributed by atoms with E-state index in [-0.39, 0.29) is 17.6 Å². The molecular weight excluding hydrogens is 246 g/mol. The Labute approximate surface area is 125 Å². The lowest BCUT2D eigenvalue weighted by Gasteiger charge is -2.44. The third-order valence-corrected chi connectivity index (χ3v) is 6.74. The lowest BCUT2D eigenvalue weighted by atomic mass is 9.69. The SMILES string of the molecule is CCC(N)C(OC1CC2CCC1(C)C2(C)C)C(C)(C)C. The molecule has 20 heavy (non-hydrogen) atoms. The minimum absolute atomic E-state index is 0.109. The highest BCUT2D eigenvalue weighted by molar-refractivity contribution is 5.11. The molecule has 118 valence electrons. The Hall–Kier alpha value is -0.0800. The zero-order valence-electron chi connectivity index (χ0n) is 14.6. The van der Waals surface area contributed by atoms with E-state index in [1.165, 1.54) is 19.3 Å². The summed E-state index contributed by atoms with van der Waals surface area (Å²) in [5, 5.41) is 0. The van der Waals surface area contributed by atoms with Gasteiger partial charge in [0.1, 0.15) is 0 Å². The van der Waals surface area contributed by atoms with Crippen LogP contribution in [0.3, 0.4) is 0 Å². The molecule has 0 aliphatic heterocycles. The molecular formula is C18H35NO. The van der Waals surface area contributed by atoms with Gasteiger partial charge in [-0.1, -0.05) is 48.5 Å². The summed E-state index contributed by atoms with van der Waals surface area (Å²) in [5.41, 5.74) is 7.22. The number of hydrogen-bond donors (Lipinski definition) is 1. The van der Waals surface area contributed by atoms with Crippen molar-refractivity contribution in [3.8, 4) is 0 Å². The normalized spacial score (nSPS) is 39.0.